The minimum atomic E-state index is 0.202. The SMILES string of the molecule is CC(C)N(C(=O)C1CCC(N)C1)C1CCCC1. The molecule has 0 aromatic carbocycles. The van der Waals surface area contributed by atoms with Gasteiger partial charge < -0.3 is 10.6 Å². The van der Waals surface area contributed by atoms with Gasteiger partial charge in [0.1, 0.15) is 0 Å². The third-order valence-corrected chi connectivity index (χ3v) is 4.35. The summed E-state index contributed by atoms with van der Waals surface area (Å²) in [6, 6.07) is 1.09. The molecule has 2 fully saturated rings. The smallest absolute Gasteiger partial charge is 0.226 e. The summed E-state index contributed by atoms with van der Waals surface area (Å²) in [4.78, 5) is 14.8. The number of nitrogens with two attached hydrogens (primary N) is 1. The van der Waals surface area contributed by atoms with Crippen molar-refractivity contribution in [1.29, 1.82) is 0 Å². The van der Waals surface area contributed by atoms with Crippen molar-refractivity contribution in [2.45, 2.75) is 76.9 Å². The lowest BCUT2D eigenvalue weighted by atomic mass is 10.0. The van der Waals surface area contributed by atoms with Gasteiger partial charge in [-0.25, -0.2) is 0 Å². The maximum absolute atomic E-state index is 12.6. The van der Waals surface area contributed by atoms with Gasteiger partial charge in [0.15, 0.2) is 0 Å². The molecule has 2 atom stereocenters. The van der Waals surface area contributed by atoms with Gasteiger partial charge in [-0.05, 0) is 46.0 Å². The normalized spacial score (nSPS) is 30.1. The Labute approximate surface area is 105 Å². The van der Waals surface area contributed by atoms with Crippen molar-refractivity contribution in [3.63, 3.8) is 0 Å². The van der Waals surface area contributed by atoms with Gasteiger partial charge in [-0.1, -0.05) is 12.8 Å². The second kappa shape index (κ2) is 5.38. The zero-order valence-electron chi connectivity index (χ0n) is 11.2. The molecule has 98 valence electrons. The van der Waals surface area contributed by atoms with Crippen LogP contribution in [0.2, 0.25) is 0 Å². The highest BCUT2D eigenvalue weighted by atomic mass is 16.2. The fourth-order valence-electron chi connectivity index (χ4n) is 3.49. The molecule has 2 unspecified atom stereocenters. The quantitative estimate of drug-likeness (QED) is 0.820. The third kappa shape index (κ3) is 2.82. The molecule has 0 bridgehead atoms. The van der Waals surface area contributed by atoms with Crippen molar-refractivity contribution in [1.82, 2.24) is 4.90 Å². The van der Waals surface area contributed by atoms with E-state index in [0.29, 0.717) is 18.0 Å². The first kappa shape index (κ1) is 12.9. The Morgan fingerprint density at radius 1 is 1.18 bits per heavy atom. The molecule has 17 heavy (non-hydrogen) atoms. The van der Waals surface area contributed by atoms with E-state index < -0.39 is 0 Å². The maximum atomic E-state index is 12.6. The lowest BCUT2D eigenvalue weighted by Crippen LogP contribution is -2.46. The average Bonchev–Trinajstić information content (AvgIpc) is 2.88. The average molecular weight is 238 g/mol. The van der Waals surface area contributed by atoms with E-state index in [-0.39, 0.29) is 12.0 Å². The van der Waals surface area contributed by atoms with Crippen LogP contribution in [0.1, 0.15) is 58.8 Å². The molecule has 0 radical (unpaired) electrons. The highest BCUT2D eigenvalue weighted by Crippen LogP contribution is 2.31. The largest absolute Gasteiger partial charge is 0.337 e. The Kier molecular flexibility index (Phi) is 4.08. The number of nitrogens with zero attached hydrogens (tertiary/aromatic N) is 1. The summed E-state index contributed by atoms with van der Waals surface area (Å²) in [5.41, 5.74) is 5.92. The van der Waals surface area contributed by atoms with Crippen LogP contribution in [0.25, 0.3) is 0 Å². The molecule has 2 saturated carbocycles. The van der Waals surface area contributed by atoms with Gasteiger partial charge in [-0.2, -0.15) is 0 Å². The molecule has 0 spiro atoms. The van der Waals surface area contributed by atoms with Gasteiger partial charge in [0, 0.05) is 24.0 Å². The number of hydrogen-bond donors (Lipinski definition) is 1. The van der Waals surface area contributed by atoms with Crippen molar-refractivity contribution in [2.75, 3.05) is 0 Å². The van der Waals surface area contributed by atoms with Crippen LogP contribution in [0, 0.1) is 5.92 Å². The number of carbonyl (C=O) groups is 1. The molecule has 2 aliphatic rings. The summed E-state index contributed by atoms with van der Waals surface area (Å²) in [6.45, 7) is 4.29. The van der Waals surface area contributed by atoms with Crippen LogP contribution in [0.4, 0.5) is 0 Å². The summed E-state index contributed by atoms with van der Waals surface area (Å²) < 4.78 is 0. The van der Waals surface area contributed by atoms with Crippen molar-refractivity contribution in [2.24, 2.45) is 11.7 Å². The first-order valence-electron chi connectivity index (χ1n) is 7.17. The number of rotatable bonds is 3. The van der Waals surface area contributed by atoms with Crippen LogP contribution in [0.5, 0.6) is 0 Å². The lowest BCUT2D eigenvalue weighted by molar-refractivity contribution is -0.139. The first-order chi connectivity index (χ1) is 8.09. The van der Waals surface area contributed by atoms with Gasteiger partial charge in [-0.15, -0.1) is 0 Å². The van der Waals surface area contributed by atoms with Crippen LogP contribution in [0.3, 0.4) is 0 Å². The van der Waals surface area contributed by atoms with E-state index in [9.17, 15) is 4.79 Å². The van der Waals surface area contributed by atoms with Crippen LogP contribution in [-0.4, -0.2) is 28.9 Å². The van der Waals surface area contributed by atoms with Crippen LogP contribution < -0.4 is 5.73 Å². The summed E-state index contributed by atoms with van der Waals surface area (Å²) in [6.07, 6.45) is 7.87. The predicted octanol–water partition coefficient (Wildman–Crippen LogP) is 2.29. The molecule has 0 heterocycles. The van der Waals surface area contributed by atoms with Gasteiger partial charge in [-0.3, -0.25) is 4.79 Å². The maximum Gasteiger partial charge on any atom is 0.226 e. The Hall–Kier alpha value is -0.570. The molecule has 2 rings (SSSR count). The summed E-state index contributed by atoms with van der Waals surface area (Å²) in [7, 11) is 0. The van der Waals surface area contributed by atoms with Crippen LogP contribution >= 0.6 is 0 Å². The summed E-state index contributed by atoms with van der Waals surface area (Å²) in [5.74, 6) is 0.577. The van der Waals surface area contributed by atoms with Gasteiger partial charge in [0.2, 0.25) is 5.91 Å². The fourth-order valence-corrected chi connectivity index (χ4v) is 3.49. The lowest BCUT2D eigenvalue weighted by Gasteiger charge is -2.35. The van der Waals surface area contributed by atoms with Crippen molar-refractivity contribution >= 4 is 5.91 Å². The zero-order valence-corrected chi connectivity index (χ0v) is 11.2. The molecule has 1 amide bonds. The molecule has 2 aliphatic carbocycles. The van der Waals surface area contributed by atoms with Gasteiger partial charge >= 0.3 is 0 Å². The van der Waals surface area contributed by atoms with Crippen molar-refractivity contribution < 1.29 is 4.79 Å². The van der Waals surface area contributed by atoms with E-state index in [1.165, 1.54) is 25.7 Å². The van der Waals surface area contributed by atoms with E-state index in [1.54, 1.807) is 0 Å². The molecule has 3 heteroatoms. The second-order valence-electron chi connectivity index (χ2n) is 6.05. The molecule has 2 N–H and O–H groups in total. The Balaban J connectivity index is 2.02. The summed E-state index contributed by atoms with van der Waals surface area (Å²) >= 11 is 0. The molecule has 0 saturated heterocycles. The minimum Gasteiger partial charge on any atom is -0.337 e. The van der Waals surface area contributed by atoms with E-state index in [2.05, 4.69) is 18.7 Å². The Bertz CT molecular complexity index is 271. The standard InChI is InChI=1S/C14H26N2O/c1-10(2)16(13-5-3-4-6-13)14(17)11-7-8-12(15)9-11/h10-13H,3-9,15H2,1-2H3. The van der Waals surface area contributed by atoms with E-state index >= 15 is 0 Å². The minimum absolute atomic E-state index is 0.202. The Morgan fingerprint density at radius 3 is 2.29 bits per heavy atom. The van der Waals surface area contributed by atoms with Crippen molar-refractivity contribution in [3.8, 4) is 0 Å². The van der Waals surface area contributed by atoms with Gasteiger partial charge in [0.05, 0.1) is 0 Å². The van der Waals surface area contributed by atoms with E-state index in [4.69, 9.17) is 5.73 Å². The fraction of sp³-hybridized carbons (Fsp3) is 0.929. The number of amides is 1. The molecular formula is C14H26N2O. The Morgan fingerprint density at radius 2 is 1.82 bits per heavy atom. The molecule has 3 nitrogen and oxygen atoms in total. The van der Waals surface area contributed by atoms with Gasteiger partial charge in [0.25, 0.3) is 0 Å². The molecule has 0 aromatic heterocycles. The molecule has 0 aliphatic heterocycles. The second-order valence-corrected chi connectivity index (χ2v) is 6.05. The third-order valence-electron chi connectivity index (χ3n) is 4.35. The van der Waals surface area contributed by atoms with E-state index in [0.717, 1.165) is 19.3 Å². The van der Waals surface area contributed by atoms with Crippen LogP contribution in [-0.2, 0) is 4.79 Å². The predicted molar refractivity (Wildman–Crippen MR) is 69.6 cm³/mol. The highest BCUT2D eigenvalue weighted by Gasteiger charge is 2.35. The number of carbonyl (C=O) groups excluding carboxylic acids is 1. The first-order valence-corrected chi connectivity index (χ1v) is 7.17. The van der Waals surface area contributed by atoms with Crippen LogP contribution in [0.15, 0.2) is 0 Å². The zero-order chi connectivity index (χ0) is 12.4. The summed E-state index contributed by atoms with van der Waals surface area (Å²) in [5, 5.41) is 0. The molecular weight excluding hydrogens is 212 g/mol. The van der Waals surface area contributed by atoms with Crippen molar-refractivity contribution in [3.05, 3.63) is 0 Å². The van der Waals surface area contributed by atoms with E-state index in [1.807, 2.05) is 0 Å². The highest BCUT2D eigenvalue weighted by molar-refractivity contribution is 5.80. The molecule has 0 aromatic rings. The number of hydrogen-bond acceptors (Lipinski definition) is 2. The monoisotopic (exact) mass is 238 g/mol. The topological polar surface area (TPSA) is 46.3 Å².